The highest BCUT2D eigenvalue weighted by Gasteiger charge is 2.15. The Hall–Kier alpha value is -2.29. The first-order valence-corrected chi connectivity index (χ1v) is 7.13. The van der Waals surface area contributed by atoms with Crippen molar-refractivity contribution in [3.05, 3.63) is 65.2 Å². The first-order valence-electron chi connectivity index (χ1n) is 7.13. The zero-order chi connectivity index (χ0) is 15.2. The Morgan fingerprint density at radius 2 is 1.90 bits per heavy atom. The molecule has 0 aliphatic heterocycles. The molecule has 0 spiro atoms. The van der Waals surface area contributed by atoms with Crippen molar-refractivity contribution >= 4 is 5.91 Å². The van der Waals surface area contributed by atoms with Crippen molar-refractivity contribution in [3.63, 3.8) is 0 Å². The number of carbonyl (C=O) groups is 1. The number of methoxy groups -OCH3 is 1. The van der Waals surface area contributed by atoms with E-state index in [-0.39, 0.29) is 5.91 Å². The average Bonchev–Trinajstić information content (AvgIpc) is 2.53. The summed E-state index contributed by atoms with van der Waals surface area (Å²) in [4.78, 5) is 14.5. The van der Waals surface area contributed by atoms with Gasteiger partial charge in [-0.25, -0.2) is 0 Å². The third-order valence-corrected chi connectivity index (χ3v) is 3.61. The molecule has 0 unspecified atom stereocenters. The van der Waals surface area contributed by atoms with E-state index in [1.165, 1.54) is 11.1 Å². The summed E-state index contributed by atoms with van der Waals surface area (Å²) in [6.07, 6.45) is 0. The van der Waals surface area contributed by atoms with Crippen LogP contribution in [-0.2, 0) is 6.54 Å². The van der Waals surface area contributed by atoms with E-state index in [1.807, 2.05) is 42.2 Å². The van der Waals surface area contributed by atoms with Gasteiger partial charge in [-0.1, -0.05) is 30.3 Å². The van der Waals surface area contributed by atoms with Gasteiger partial charge in [0.2, 0.25) is 0 Å². The Bertz CT molecular complexity index is 622. The summed E-state index contributed by atoms with van der Waals surface area (Å²) >= 11 is 0. The van der Waals surface area contributed by atoms with E-state index in [2.05, 4.69) is 19.1 Å². The fraction of sp³-hybridized carbons (Fsp3) is 0.278. The van der Waals surface area contributed by atoms with Gasteiger partial charge in [0.1, 0.15) is 5.75 Å². The highest BCUT2D eigenvalue weighted by Crippen LogP contribution is 2.17. The van der Waals surface area contributed by atoms with Crippen LogP contribution in [0.5, 0.6) is 5.75 Å². The van der Waals surface area contributed by atoms with Gasteiger partial charge in [0.05, 0.1) is 7.11 Å². The molecule has 0 bridgehead atoms. The quantitative estimate of drug-likeness (QED) is 0.838. The summed E-state index contributed by atoms with van der Waals surface area (Å²) in [5.74, 6) is 0.729. The summed E-state index contributed by atoms with van der Waals surface area (Å²) in [6, 6.07) is 15.4. The Balaban J connectivity index is 2.20. The lowest BCUT2D eigenvalue weighted by Gasteiger charge is -2.22. The van der Waals surface area contributed by atoms with Gasteiger partial charge in [0, 0.05) is 18.7 Å². The van der Waals surface area contributed by atoms with Crippen LogP contribution in [0.4, 0.5) is 0 Å². The number of amides is 1. The third-order valence-electron chi connectivity index (χ3n) is 3.61. The molecule has 2 aromatic rings. The van der Waals surface area contributed by atoms with Crippen LogP contribution in [0.2, 0.25) is 0 Å². The predicted molar refractivity (Wildman–Crippen MR) is 84.6 cm³/mol. The lowest BCUT2D eigenvalue weighted by molar-refractivity contribution is 0.0752. The summed E-state index contributed by atoms with van der Waals surface area (Å²) in [7, 11) is 1.61. The second-order valence-electron chi connectivity index (χ2n) is 4.98. The molecule has 21 heavy (non-hydrogen) atoms. The molecule has 0 saturated carbocycles. The molecule has 1 amide bonds. The Kier molecular flexibility index (Phi) is 4.99. The molecule has 0 N–H and O–H groups in total. The van der Waals surface area contributed by atoms with Crippen LogP contribution in [0.1, 0.15) is 28.4 Å². The number of carbonyl (C=O) groups excluding carboxylic acids is 1. The van der Waals surface area contributed by atoms with Gasteiger partial charge in [-0.05, 0) is 43.2 Å². The fourth-order valence-corrected chi connectivity index (χ4v) is 2.26. The van der Waals surface area contributed by atoms with Crippen LogP contribution >= 0.6 is 0 Å². The number of benzene rings is 2. The van der Waals surface area contributed by atoms with Crippen molar-refractivity contribution in [2.45, 2.75) is 20.4 Å². The van der Waals surface area contributed by atoms with Crippen molar-refractivity contribution in [1.29, 1.82) is 0 Å². The zero-order valence-electron chi connectivity index (χ0n) is 12.8. The lowest BCUT2D eigenvalue weighted by atomic mass is 10.1. The fourth-order valence-electron chi connectivity index (χ4n) is 2.26. The van der Waals surface area contributed by atoms with Crippen LogP contribution in [0.3, 0.4) is 0 Å². The van der Waals surface area contributed by atoms with Crippen LogP contribution < -0.4 is 4.74 Å². The number of nitrogens with zero attached hydrogens (tertiary/aromatic N) is 1. The smallest absolute Gasteiger partial charge is 0.254 e. The van der Waals surface area contributed by atoms with E-state index < -0.39 is 0 Å². The number of rotatable bonds is 5. The second kappa shape index (κ2) is 6.93. The van der Waals surface area contributed by atoms with Gasteiger partial charge in [-0.15, -0.1) is 0 Å². The van der Waals surface area contributed by atoms with Crippen molar-refractivity contribution < 1.29 is 9.53 Å². The Morgan fingerprint density at radius 3 is 2.57 bits per heavy atom. The largest absolute Gasteiger partial charge is 0.497 e. The van der Waals surface area contributed by atoms with Crippen molar-refractivity contribution in [2.75, 3.05) is 13.7 Å². The molecule has 0 fully saturated rings. The summed E-state index contributed by atoms with van der Waals surface area (Å²) in [6.45, 7) is 5.36. The maximum absolute atomic E-state index is 12.6. The monoisotopic (exact) mass is 283 g/mol. The topological polar surface area (TPSA) is 29.5 Å². The minimum absolute atomic E-state index is 0.0275. The maximum Gasteiger partial charge on any atom is 0.254 e. The molecule has 0 heterocycles. The molecule has 3 nitrogen and oxygen atoms in total. The summed E-state index contributed by atoms with van der Waals surface area (Å²) in [5.41, 5.74) is 3.04. The van der Waals surface area contributed by atoms with E-state index in [0.29, 0.717) is 24.4 Å². The second-order valence-corrected chi connectivity index (χ2v) is 4.98. The molecule has 0 aromatic heterocycles. The Morgan fingerprint density at radius 1 is 1.14 bits per heavy atom. The molecular weight excluding hydrogens is 262 g/mol. The standard InChI is InChI=1S/C18H21NO2/c1-4-19(13-16-9-6-5-8-14(16)2)18(20)15-10-7-11-17(12-15)21-3/h5-12H,4,13H2,1-3H3. The summed E-state index contributed by atoms with van der Waals surface area (Å²) < 4.78 is 5.19. The van der Waals surface area contributed by atoms with E-state index in [9.17, 15) is 4.79 Å². The molecule has 3 heteroatoms. The first kappa shape index (κ1) is 15.1. The van der Waals surface area contributed by atoms with Crippen LogP contribution in [0, 0.1) is 6.92 Å². The van der Waals surface area contributed by atoms with Gasteiger partial charge < -0.3 is 9.64 Å². The molecule has 0 saturated heterocycles. The number of ether oxygens (including phenoxy) is 1. The van der Waals surface area contributed by atoms with E-state index in [0.717, 1.165) is 0 Å². The predicted octanol–water partition coefficient (Wildman–Crippen LogP) is 3.67. The van der Waals surface area contributed by atoms with Gasteiger partial charge in [-0.2, -0.15) is 0 Å². The molecule has 0 radical (unpaired) electrons. The van der Waals surface area contributed by atoms with Crippen molar-refractivity contribution in [3.8, 4) is 5.75 Å². The SMILES string of the molecule is CCN(Cc1ccccc1C)C(=O)c1cccc(OC)c1. The van der Waals surface area contributed by atoms with Crippen LogP contribution in [-0.4, -0.2) is 24.5 Å². The maximum atomic E-state index is 12.6. The zero-order valence-corrected chi connectivity index (χ0v) is 12.8. The van der Waals surface area contributed by atoms with Crippen molar-refractivity contribution in [1.82, 2.24) is 4.90 Å². The highest BCUT2D eigenvalue weighted by atomic mass is 16.5. The molecule has 0 atom stereocenters. The van der Waals surface area contributed by atoms with Gasteiger partial charge in [0.15, 0.2) is 0 Å². The van der Waals surface area contributed by atoms with Gasteiger partial charge in [0.25, 0.3) is 5.91 Å². The number of aryl methyl sites for hydroxylation is 1. The molecule has 0 aliphatic rings. The van der Waals surface area contributed by atoms with E-state index in [4.69, 9.17) is 4.74 Å². The first-order chi connectivity index (χ1) is 10.2. The molecule has 2 rings (SSSR count). The average molecular weight is 283 g/mol. The normalized spacial score (nSPS) is 10.2. The molecular formula is C18H21NO2. The minimum Gasteiger partial charge on any atom is -0.497 e. The molecule has 0 aliphatic carbocycles. The van der Waals surface area contributed by atoms with E-state index in [1.54, 1.807) is 13.2 Å². The number of hydrogen-bond acceptors (Lipinski definition) is 2. The lowest BCUT2D eigenvalue weighted by Crippen LogP contribution is -2.30. The molecule has 2 aromatic carbocycles. The minimum atomic E-state index is 0.0275. The van der Waals surface area contributed by atoms with Gasteiger partial charge in [-0.3, -0.25) is 4.79 Å². The van der Waals surface area contributed by atoms with Gasteiger partial charge >= 0.3 is 0 Å². The third kappa shape index (κ3) is 3.63. The summed E-state index contributed by atoms with van der Waals surface area (Å²) in [5, 5.41) is 0. The Labute approximate surface area is 126 Å². The van der Waals surface area contributed by atoms with Crippen LogP contribution in [0.15, 0.2) is 48.5 Å². The van der Waals surface area contributed by atoms with Crippen LogP contribution in [0.25, 0.3) is 0 Å². The van der Waals surface area contributed by atoms with Crippen molar-refractivity contribution in [2.24, 2.45) is 0 Å². The highest BCUT2D eigenvalue weighted by molar-refractivity contribution is 5.94. The number of hydrogen-bond donors (Lipinski definition) is 0. The molecule has 110 valence electrons. The van der Waals surface area contributed by atoms with E-state index >= 15 is 0 Å².